The molecular weight excluding hydrogens is 341 g/mol. The van der Waals surface area contributed by atoms with Crippen molar-refractivity contribution in [2.75, 3.05) is 25.0 Å². The third kappa shape index (κ3) is 4.60. The van der Waals surface area contributed by atoms with Gasteiger partial charge in [0.1, 0.15) is 0 Å². The third-order valence-corrected chi connectivity index (χ3v) is 4.42. The van der Waals surface area contributed by atoms with Gasteiger partial charge in [-0.2, -0.15) is 0 Å². The number of hydrogen-bond donors (Lipinski definition) is 2. The molecule has 7 heteroatoms. The van der Waals surface area contributed by atoms with E-state index >= 15 is 0 Å². The predicted octanol–water partition coefficient (Wildman–Crippen LogP) is 2.82. The lowest BCUT2D eigenvalue weighted by atomic mass is 10.2. The molecule has 1 atom stereocenters. The van der Waals surface area contributed by atoms with Crippen molar-refractivity contribution in [1.82, 2.24) is 15.6 Å². The first kappa shape index (κ1) is 17.5. The van der Waals surface area contributed by atoms with Gasteiger partial charge in [0, 0.05) is 43.9 Å². The number of aliphatic imine (C=N–C) groups is 1. The van der Waals surface area contributed by atoms with E-state index in [1.807, 2.05) is 29.2 Å². The first-order valence-corrected chi connectivity index (χ1v) is 8.60. The number of nitrogens with one attached hydrogen (secondary N) is 2. The SMILES string of the molecule is CN=C(NCc1ccc(Cl)cc1)NC1CCN(c2ncccc2F)C1. The zero-order valence-electron chi connectivity index (χ0n) is 14.0. The molecule has 1 aromatic carbocycles. The van der Waals surface area contributed by atoms with Crippen molar-refractivity contribution in [2.24, 2.45) is 4.99 Å². The number of anilines is 1. The zero-order chi connectivity index (χ0) is 17.6. The molecule has 1 aliphatic heterocycles. The van der Waals surface area contributed by atoms with Crippen LogP contribution in [0.25, 0.3) is 0 Å². The van der Waals surface area contributed by atoms with Crippen LogP contribution in [0.4, 0.5) is 10.2 Å². The monoisotopic (exact) mass is 361 g/mol. The number of guanidine groups is 1. The summed E-state index contributed by atoms with van der Waals surface area (Å²) in [5, 5.41) is 7.39. The molecule has 0 saturated carbocycles. The number of rotatable bonds is 4. The summed E-state index contributed by atoms with van der Waals surface area (Å²) in [6, 6.07) is 10.9. The van der Waals surface area contributed by atoms with Gasteiger partial charge in [0.2, 0.25) is 0 Å². The van der Waals surface area contributed by atoms with E-state index in [1.54, 1.807) is 19.3 Å². The van der Waals surface area contributed by atoms with Crippen molar-refractivity contribution in [3.63, 3.8) is 0 Å². The smallest absolute Gasteiger partial charge is 0.191 e. The number of hydrogen-bond acceptors (Lipinski definition) is 3. The fourth-order valence-electron chi connectivity index (χ4n) is 2.86. The highest BCUT2D eigenvalue weighted by atomic mass is 35.5. The van der Waals surface area contributed by atoms with Crippen LogP contribution in [0.2, 0.25) is 5.02 Å². The molecule has 0 amide bonds. The summed E-state index contributed by atoms with van der Waals surface area (Å²) in [4.78, 5) is 10.4. The van der Waals surface area contributed by atoms with E-state index < -0.39 is 0 Å². The Hall–Kier alpha value is -2.34. The Morgan fingerprint density at radius 3 is 2.88 bits per heavy atom. The molecule has 1 saturated heterocycles. The number of nitrogens with zero attached hydrogens (tertiary/aromatic N) is 3. The van der Waals surface area contributed by atoms with Gasteiger partial charge in [0.15, 0.2) is 17.6 Å². The Balaban J connectivity index is 1.53. The van der Waals surface area contributed by atoms with Crippen LogP contribution >= 0.6 is 11.6 Å². The largest absolute Gasteiger partial charge is 0.352 e. The third-order valence-electron chi connectivity index (χ3n) is 4.16. The highest BCUT2D eigenvalue weighted by molar-refractivity contribution is 6.30. The van der Waals surface area contributed by atoms with Crippen LogP contribution in [-0.4, -0.2) is 37.1 Å². The fraction of sp³-hybridized carbons (Fsp3) is 0.333. The predicted molar refractivity (Wildman–Crippen MR) is 99.6 cm³/mol. The molecule has 2 heterocycles. The Kier molecular flexibility index (Phi) is 5.71. The average molecular weight is 362 g/mol. The van der Waals surface area contributed by atoms with E-state index in [4.69, 9.17) is 11.6 Å². The molecule has 2 N–H and O–H groups in total. The summed E-state index contributed by atoms with van der Waals surface area (Å²) < 4.78 is 13.9. The van der Waals surface area contributed by atoms with Gasteiger partial charge in [0.05, 0.1) is 0 Å². The summed E-state index contributed by atoms with van der Waals surface area (Å²) in [5.74, 6) is 0.854. The van der Waals surface area contributed by atoms with Gasteiger partial charge in [-0.3, -0.25) is 4.99 Å². The molecule has 2 aromatic rings. The van der Waals surface area contributed by atoms with Gasteiger partial charge in [0.25, 0.3) is 0 Å². The van der Waals surface area contributed by atoms with Crippen LogP contribution in [0.5, 0.6) is 0 Å². The van der Waals surface area contributed by atoms with E-state index in [9.17, 15) is 4.39 Å². The topological polar surface area (TPSA) is 52.6 Å². The zero-order valence-corrected chi connectivity index (χ0v) is 14.8. The van der Waals surface area contributed by atoms with Crippen LogP contribution < -0.4 is 15.5 Å². The quantitative estimate of drug-likeness (QED) is 0.649. The van der Waals surface area contributed by atoms with Crippen LogP contribution in [0.3, 0.4) is 0 Å². The molecule has 1 unspecified atom stereocenters. The van der Waals surface area contributed by atoms with Crippen LogP contribution in [-0.2, 0) is 6.54 Å². The second-order valence-electron chi connectivity index (χ2n) is 5.94. The Bertz CT molecular complexity index is 735. The summed E-state index contributed by atoms with van der Waals surface area (Å²) in [6.07, 6.45) is 2.52. The summed E-state index contributed by atoms with van der Waals surface area (Å²) in [6.45, 7) is 2.11. The van der Waals surface area contributed by atoms with E-state index in [-0.39, 0.29) is 11.9 Å². The fourth-order valence-corrected chi connectivity index (χ4v) is 2.98. The van der Waals surface area contributed by atoms with E-state index in [0.717, 1.165) is 29.5 Å². The molecule has 0 aliphatic carbocycles. The van der Waals surface area contributed by atoms with E-state index in [1.165, 1.54) is 6.07 Å². The van der Waals surface area contributed by atoms with Gasteiger partial charge in [-0.15, -0.1) is 0 Å². The van der Waals surface area contributed by atoms with Gasteiger partial charge < -0.3 is 15.5 Å². The molecule has 0 spiro atoms. The van der Waals surface area contributed by atoms with Gasteiger partial charge in [-0.1, -0.05) is 23.7 Å². The highest BCUT2D eigenvalue weighted by Crippen LogP contribution is 2.20. The molecule has 1 aliphatic rings. The highest BCUT2D eigenvalue weighted by Gasteiger charge is 2.25. The standard InChI is InChI=1S/C18H21ClFN5/c1-21-18(23-11-13-4-6-14(19)7-5-13)24-15-8-10-25(12-15)17-16(20)3-2-9-22-17/h2-7,9,15H,8,10-12H2,1H3,(H2,21,23,24). The lowest BCUT2D eigenvalue weighted by molar-refractivity contribution is 0.612. The molecule has 132 valence electrons. The van der Waals surface area contributed by atoms with Crippen LogP contribution in [0.1, 0.15) is 12.0 Å². The average Bonchev–Trinajstić information content (AvgIpc) is 3.08. The van der Waals surface area contributed by atoms with Crippen molar-refractivity contribution in [1.29, 1.82) is 0 Å². The molecule has 3 rings (SSSR count). The van der Waals surface area contributed by atoms with Gasteiger partial charge >= 0.3 is 0 Å². The van der Waals surface area contributed by atoms with E-state index in [2.05, 4.69) is 20.6 Å². The van der Waals surface area contributed by atoms with Crippen LogP contribution in [0, 0.1) is 5.82 Å². The summed E-state index contributed by atoms with van der Waals surface area (Å²) in [7, 11) is 1.74. The number of pyridine rings is 1. The maximum Gasteiger partial charge on any atom is 0.191 e. The van der Waals surface area contributed by atoms with Crippen LogP contribution in [0.15, 0.2) is 47.6 Å². The minimum absolute atomic E-state index is 0.192. The molecule has 25 heavy (non-hydrogen) atoms. The minimum atomic E-state index is -0.284. The Morgan fingerprint density at radius 1 is 1.36 bits per heavy atom. The maximum atomic E-state index is 13.9. The molecule has 0 radical (unpaired) electrons. The number of benzene rings is 1. The number of halogens is 2. The summed E-state index contributed by atoms with van der Waals surface area (Å²) in [5.41, 5.74) is 1.12. The first-order valence-electron chi connectivity index (χ1n) is 8.23. The Morgan fingerprint density at radius 2 is 2.16 bits per heavy atom. The normalized spacial score (nSPS) is 17.6. The molecule has 1 aromatic heterocycles. The second kappa shape index (κ2) is 8.16. The maximum absolute atomic E-state index is 13.9. The molecule has 5 nitrogen and oxygen atoms in total. The minimum Gasteiger partial charge on any atom is -0.352 e. The molecular formula is C18H21ClFN5. The molecule has 0 bridgehead atoms. The van der Waals surface area contributed by atoms with Crippen molar-refractivity contribution in [2.45, 2.75) is 19.0 Å². The first-order chi connectivity index (χ1) is 12.2. The van der Waals surface area contributed by atoms with Gasteiger partial charge in [-0.05, 0) is 36.2 Å². The number of aromatic nitrogens is 1. The van der Waals surface area contributed by atoms with E-state index in [0.29, 0.717) is 18.9 Å². The van der Waals surface area contributed by atoms with Crippen molar-refractivity contribution < 1.29 is 4.39 Å². The lowest BCUT2D eigenvalue weighted by Gasteiger charge is -2.20. The summed E-state index contributed by atoms with van der Waals surface area (Å²) >= 11 is 5.90. The van der Waals surface area contributed by atoms with Crippen molar-refractivity contribution >= 4 is 23.4 Å². The Labute approximate surface area is 151 Å². The molecule has 1 fully saturated rings. The van der Waals surface area contributed by atoms with Gasteiger partial charge in [-0.25, -0.2) is 9.37 Å². The second-order valence-corrected chi connectivity index (χ2v) is 6.37. The lowest BCUT2D eigenvalue weighted by Crippen LogP contribution is -2.44. The van der Waals surface area contributed by atoms with Crippen molar-refractivity contribution in [3.05, 3.63) is 59.0 Å². The van der Waals surface area contributed by atoms with Crippen molar-refractivity contribution in [3.8, 4) is 0 Å².